The zero-order chi connectivity index (χ0) is 22.7. The van der Waals surface area contributed by atoms with E-state index in [9.17, 15) is 9.59 Å². The molecular formula is C25H18ClNO3S2. The Balaban J connectivity index is 1.46. The molecule has 7 heteroatoms. The molecule has 160 valence electrons. The Kier molecular flexibility index (Phi) is 6.74. The predicted octanol–water partition coefficient (Wildman–Crippen LogP) is 6.53. The zero-order valence-electron chi connectivity index (χ0n) is 17.1. The van der Waals surface area contributed by atoms with Crippen LogP contribution in [0.2, 0.25) is 5.02 Å². The topological polar surface area (TPSA) is 46.6 Å². The van der Waals surface area contributed by atoms with E-state index in [2.05, 4.69) is 0 Å². The number of amides is 1. The lowest BCUT2D eigenvalue weighted by Crippen LogP contribution is -2.27. The number of hydrogen-bond acceptors (Lipinski definition) is 5. The molecule has 0 radical (unpaired) electrons. The number of rotatable bonds is 6. The van der Waals surface area contributed by atoms with Crippen molar-refractivity contribution in [3.8, 4) is 5.75 Å². The minimum absolute atomic E-state index is 0.0637. The van der Waals surface area contributed by atoms with E-state index in [0.29, 0.717) is 32.1 Å². The average Bonchev–Trinajstić information content (AvgIpc) is 3.07. The van der Waals surface area contributed by atoms with Gasteiger partial charge in [0.2, 0.25) is 0 Å². The average molecular weight is 480 g/mol. The molecule has 4 rings (SSSR count). The Morgan fingerprint density at radius 3 is 2.50 bits per heavy atom. The van der Waals surface area contributed by atoms with Gasteiger partial charge in [0.15, 0.2) is 10.1 Å². The molecule has 3 aromatic carbocycles. The molecule has 1 saturated heterocycles. The number of thiocarbonyl (C=S) groups is 1. The predicted molar refractivity (Wildman–Crippen MR) is 134 cm³/mol. The quantitative estimate of drug-likeness (QED) is 0.228. The van der Waals surface area contributed by atoms with Gasteiger partial charge in [-0.15, -0.1) is 0 Å². The molecule has 0 spiro atoms. The van der Waals surface area contributed by atoms with Gasteiger partial charge in [0.1, 0.15) is 12.4 Å². The molecule has 0 bridgehead atoms. The Labute approximate surface area is 200 Å². The number of anilines is 1. The third-order valence-corrected chi connectivity index (χ3v) is 6.36. The lowest BCUT2D eigenvalue weighted by Gasteiger charge is -2.15. The van der Waals surface area contributed by atoms with E-state index < -0.39 is 0 Å². The largest absolute Gasteiger partial charge is 0.489 e. The van der Waals surface area contributed by atoms with Gasteiger partial charge < -0.3 is 4.74 Å². The van der Waals surface area contributed by atoms with Crippen molar-refractivity contribution in [3.05, 3.63) is 99.4 Å². The molecular weight excluding hydrogens is 462 g/mol. The summed E-state index contributed by atoms with van der Waals surface area (Å²) in [4.78, 5) is 26.6. The van der Waals surface area contributed by atoms with Gasteiger partial charge in [0, 0.05) is 10.6 Å². The maximum absolute atomic E-state index is 13.0. The molecule has 0 aliphatic carbocycles. The van der Waals surface area contributed by atoms with Crippen molar-refractivity contribution in [2.24, 2.45) is 0 Å². The van der Waals surface area contributed by atoms with Gasteiger partial charge in [-0.05, 0) is 60.5 Å². The molecule has 1 aliphatic rings. The van der Waals surface area contributed by atoms with Crippen molar-refractivity contribution < 1.29 is 14.3 Å². The van der Waals surface area contributed by atoms with Crippen molar-refractivity contribution in [2.75, 3.05) is 4.90 Å². The number of Topliss-reactive ketones (excluding diaryl/α,β-unsaturated/α-hetero) is 1. The van der Waals surface area contributed by atoms with Crippen molar-refractivity contribution in [1.82, 2.24) is 0 Å². The van der Waals surface area contributed by atoms with Crippen molar-refractivity contribution in [1.29, 1.82) is 0 Å². The van der Waals surface area contributed by atoms with Crippen LogP contribution in [-0.4, -0.2) is 16.0 Å². The van der Waals surface area contributed by atoms with Crippen molar-refractivity contribution in [3.63, 3.8) is 0 Å². The smallest absolute Gasteiger partial charge is 0.270 e. The Hall–Kier alpha value is -2.93. The van der Waals surface area contributed by atoms with E-state index >= 15 is 0 Å². The molecule has 1 fully saturated rings. The van der Waals surface area contributed by atoms with Crippen LogP contribution in [0, 0.1) is 0 Å². The molecule has 32 heavy (non-hydrogen) atoms. The van der Waals surface area contributed by atoms with Gasteiger partial charge in [-0.2, -0.15) is 0 Å². The second kappa shape index (κ2) is 9.69. The first-order chi connectivity index (χ1) is 15.4. The summed E-state index contributed by atoms with van der Waals surface area (Å²) in [5.74, 6) is 0.459. The molecule has 1 amide bonds. The number of ketones is 1. The number of carbonyl (C=O) groups is 2. The second-order valence-corrected chi connectivity index (χ2v) is 9.22. The van der Waals surface area contributed by atoms with E-state index in [1.54, 1.807) is 30.3 Å². The highest BCUT2D eigenvalue weighted by atomic mass is 35.5. The second-order valence-electron chi connectivity index (χ2n) is 7.11. The van der Waals surface area contributed by atoms with Gasteiger partial charge in [0.05, 0.1) is 10.6 Å². The molecule has 0 N–H and O–H groups in total. The summed E-state index contributed by atoms with van der Waals surface area (Å²) < 4.78 is 6.24. The molecule has 3 aromatic rings. The van der Waals surface area contributed by atoms with Crippen LogP contribution in [0.1, 0.15) is 28.4 Å². The maximum Gasteiger partial charge on any atom is 0.270 e. The number of benzene rings is 3. The highest BCUT2D eigenvalue weighted by Gasteiger charge is 2.33. The number of thioether (sulfide) groups is 1. The minimum Gasteiger partial charge on any atom is -0.489 e. The monoisotopic (exact) mass is 479 g/mol. The summed E-state index contributed by atoms with van der Waals surface area (Å²) in [6.45, 7) is 1.93. The summed E-state index contributed by atoms with van der Waals surface area (Å²) in [6.07, 6.45) is 1.80. The van der Waals surface area contributed by atoms with Crippen LogP contribution < -0.4 is 9.64 Å². The van der Waals surface area contributed by atoms with Gasteiger partial charge in [-0.25, -0.2) is 0 Å². The Morgan fingerprint density at radius 1 is 1.09 bits per heavy atom. The summed E-state index contributed by atoms with van der Waals surface area (Å²) in [5, 5.41) is 0.690. The third-order valence-electron chi connectivity index (χ3n) is 4.80. The van der Waals surface area contributed by atoms with Crippen molar-refractivity contribution in [2.45, 2.75) is 13.5 Å². The summed E-state index contributed by atoms with van der Waals surface area (Å²) >= 11 is 12.6. The molecule has 0 atom stereocenters. The van der Waals surface area contributed by atoms with Gasteiger partial charge >= 0.3 is 0 Å². The van der Waals surface area contributed by atoms with E-state index in [0.717, 1.165) is 16.9 Å². The van der Waals surface area contributed by atoms with Crippen LogP contribution in [0.25, 0.3) is 6.08 Å². The number of nitrogens with zero attached hydrogens (tertiary/aromatic N) is 1. The Morgan fingerprint density at radius 2 is 1.81 bits per heavy atom. The van der Waals surface area contributed by atoms with E-state index in [1.165, 1.54) is 23.6 Å². The molecule has 1 aliphatic heterocycles. The highest BCUT2D eigenvalue weighted by Crippen LogP contribution is 2.36. The molecule has 1 heterocycles. The third kappa shape index (κ3) is 5.10. The van der Waals surface area contributed by atoms with Gasteiger partial charge in [-0.1, -0.05) is 72.0 Å². The summed E-state index contributed by atoms with van der Waals surface area (Å²) in [5.41, 5.74) is 3.02. The van der Waals surface area contributed by atoms with E-state index in [1.807, 2.05) is 48.5 Å². The fraction of sp³-hybridized carbons (Fsp3) is 0.0800. The standard InChI is InChI=1S/C25H18ClNO3S2/c1-16(28)19-3-2-4-21(14-19)27-24(29)23(32-25(27)31)13-17-7-11-22(12-8-17)30-15-18-5-9-20(26)10-6-18/h2-14H,15H2,1H3. The van der Waals surface area contributed by atoms with Crippen molar-refractivity contribution >= 4 is 63.4 Å². The number of ether oxygens (including phenoxy) is 1. The van der Waals surface area contributed by atoms with Gasteiger partial charge in [0.25, 0.3) is 5.91 Å². The van der Waals surface area contributed by atoms with E-state index in [4.69, 9.17) is 28.6 Å². The minimum atomic E-state index is -0.205. The van der Waals surface area contributed by atoms with Crippen LogP contribution in [-0.2, 0) is 11.4 Å². The molecule has 0 aromatic heterocycles. The van der Waals surface area contributed by atoms with Crippen LogP contribution in [0.5, 0.6) is 5.75 Å². The highest BCUT2D eigenvalue weighted by molar-refractivity contribution is 8.27. The van der Waals surface area contributed by atoms with Crippen LogP contribution in [0.3, 0.4) is 0 Å². The number of halogens is 1. The first-order valence-electron chi connectivity index (χ1n) is 9.77. The zero-order valence-corrected chi connectivity index (χ0v) is 19.5. The Bertz CT molecular complexity index is 1220. The van der Waals surface area contributed by atoms with Crippen LogP contribution in [0.4, 0.5) is 5.69 Å². The molecule has 4 nitrogen and oxygen atoms in total. The number of hydrogen-bond donors (Lipinski definition) is 0. The fourth-order valence-corrected chi connectivity index (χ4v) is 4.54. The maximum atomic E-state index is 13.0. The molecule has 0 saturated carbocycles. The van der Waals surface area contributed by atoms with Crippen LogP contribution in [0.15, 0.2) is 77.7 Å². The first-order valence-corrected chi connectivity index (χ1v) is 11.4. The fourth-order valence-electron chi connectivity index (χ4n) is 3.11. The lowest BCUT2D eigenvalue weighted by atomic mass is 10.1. The van der Waals surface area contributed by atoms with Crippen LogP contribution >= 0.6 is 35.6 Å². The lowest BCUT2D eigenvalue weighted by molar-refractivity contribution is -0.113. The normalized spacial score (nSPS) is 14.8. The SMILES string of the molecule is CC(=O)c1cccc(N2C(=O)C(=Cc3ccc(OCc4ccc(Cl)cc4)cc3)SC2=S)c1. The van der Waals surface area contributed by atoms with Gasteiger partial charge in [-0.3, -0.25) is 14.5 Å². The molecule has 0 unspecified atom stereocenters. The summed E-state index contributed by atoms with van der Waals surface area (Å²) in [6, 6.07) is 21.9. The summed E-state index contributed by atoms with van der Waals surface area (Å²) in [7, 11) is 0. The number of carbonyl (C=O) groups excluding carboxylic acids is 2. The van der Waals surface area contributed by atoms with E-state index in [-0.39, 0.29) is 11.7 Å². The first kappa shape index (κ1) is 22.3.